The van der Waals surface area contributed by atoms with Gasteiger partial charge in [0, 0.05) is 49.6 Å². The maximum atomic E-state index is 2.95. The van der Waals surface area contributed by atoms with Crippen molar-refractivity contribution in [2.45, 2.75) is 144 Å². The average molecular weight is 1060 g/mol. The first-order valence-electron chi connectivity index (χ1n) is 33.7. The standard InChI is InChI=1S/C78H72BN3/c1-3-7-58(8-4-1)80(59-9-5-2-6-10-59)69-16-15-68-70-73(69)82-67-13-11-49(74-32-42-17-43(33-74)19-44(18-42)34-74)26-60(67)62-28-51(75-39-56-24-55-25-57(40-75)78(55,56)41-75)30-64(72(62)82)79(70)65-31-54(77-37-47-22-53(77)23-48(47)38-77)29-63-61-27-50(12-14-66(61)81(68)71(63)65)76-35-45-20-52(76)21-46(45)36-76/h1-16,26-31,42-48,52-53,55-57H,17-25,32-41H2. The molecule has 16 saturated carbocycles. The van der Waals surface area contributed by atoms with Gasteiger partial charge in [-0.15, -0.1) is 0 Å². The lowest BCUT2D eigenvalue weighted by atomic mass is 9.33. The van der Waals surface area contributed by atoms with E-state index in [1.165, 1.54) is 189 Å². The van der Waals surface area contributed by atoms with Crippen molar-refractivity contribution in [3.63, 3.8) is 0 Å². The first kappa shape index (κ1) is 43.6. The Labute approximate surface area is 482 Å². The number of hydrogen-bond acceptors (Lipinski definition) is 1. The van der Waals surface area contributed by atoms with Gasteiger partial charge in [-0.05, 0) is 332 Å². The molecule has 82 heavy (non-hydrogen) atoms. The summed E-state index contributed by atoms with van der Waals surface area (Å²) in [5.74, 6) is 11.1. The minimum Gasteiger partial charge on any atom is -0.310 e. The van der Waals surface area contributed by atoms with Gasteiger partial charge in [-0.1, -0.05) is 60.7 Å². The van der Waals surface area contributed by atoms with Crippen LogP contribution in [0.25, 0.3) is 55.0 Å². The lowest BCUT2D eigenvalue weighted by molar-refractivity contribution is -0.175. The summed E-state index contributed by atoms with van der Waals surface area (Å²) in [5, 5.41) is 6.20. The zero-order valence-electron chi connectivity index (χ0n) is 47.5. The highest BCUT2D eigenvalue weighted by Crippen LogP contribution is 2.84. The molecule has 14 bridgehead atoms. The minimum absolute atomic E-state index is 0.110. The van der Waals surface area contributed by atoms with Crippen molar-refractivity contribution in [1.82, 2.24) is 9.13 Å². The molecule has 1 spiro atoms. The SMILES string of the molecule is c1ccc(N(c2ccccc2)c2ccc3c4c2-n2c5ccc(C67CC8CC(CC(C8)C6)C7)cc5c5cc(C67CC8CC9CC(C6)C98C7)cc(c52)B4c2cc(C45CC6CC4CC6C5)cc4c5cc(C67CC8CC6CC8C7)ccc5n-3c24)cc1. The molecule has 6 unspecified atom stereocenters. The molecule has 18 aliphatic rings. The van der Waals surface area contributed by atoms with Crippen LogP contribution in [-0.4, -0.2) is 15.8 Å². The minimum atomic E-state index is 0.110. The first-order valence-corrected chi connectivity index (χ1v) is 33.7. The summed E-state index contributed by atoms with van der Waals surface area (Å²) in [6, 6.07) is 56.0. The van der Waals surface area contributed by atoms with E-state index in [0.717, 1.165) is 71.0 Å². The Morgan fingerprint density at radius 2 is 0.927 bits per heavy atom. The summed E-state index contributed by atoms with van der Waals surface area (Å²) in [7, 11) is 0. The van der Waals surface area contributed by atoms with E-state index in [-0.39, 0.29) is 6.71 Å². The molecule has 3 nitrogen and oxygen atoms in total. The van der Waals surface area contributed by atoms with Gasteiger partial charge in [-0.3, -0.25) is 0 Å². The van der Waals surface area contributed by atoms with Gasteiger partial charge in [-0.2, -0.15) is 0 Å². The van der Waals surface area contributed by atoms with E-state index in [0.29, 0.717) is 27.1 Å². The van der Waals surface area contributed by atoms with Gasteiger partial charge in [0.2, 0.25) is 0 Å². The normalized spacial score (nSPS) is 40.7. The average Bonchev–Trinajstić information content (AvgIpc) is 1.64. The van der Waals surface area contributed by atoms with Crippen molar-refractivity contribution in [2.75, 3.05) is 4.90 Å². The van der Waals surface area contributed by atoms with Crippen LogP contribution in [-0.2, 0) is 21.7 Å². The number of rotatable bonds is 7. The summed E-state index contributed by atoms with van der Waals surface area (Å²) >= 11 is 0. The molecule has 27 rings (SSSR count). The highest BCUT2D eigenvalue weighted by atomic mass is 15.2. The Hall–Kier alpha value is -6.00. The number of hydrogen-bond donors (Lipinski definition) is 0. The molecule has 4 heteroatoms. The number of aromatic nitrogens is 2. The van der Waals surface area contributed by atoms with Crippen LogP contribution in [0.2, 0.25) is 0 Å². The predicted octanol–water partition coefficient (Wildman–Crippen LogP) is 16.4. The van der Waals surface area contributed by atoms with Gasteiger partial charge in [-0.25, -0.2) is 0 Å². The third-order valence-electron chi connectivity index (χ3n) is 30.1. The van der Waals surface area contributed by atoms with E-state index in [9.17, 15) is 0 Å². The van der Waals surface area contributed by atoms with Crippen LogP contribution in [0.5, 0.6) is 0 Å². The monoisotopic (exact) mass is 1060 g/mol. The molecule has 4 heterocycles. The topological polar surface area (TPSA) is 13.1 Å². The molecule has 6 atom stereocenters. The van der Waals surface area contributed by atoms with Gasteiger partial charge >= 0.3 is 0 Å². The molecule has 402 valence electrons. The van der Waals surface area contributed by atoms with Crippen LogP contribution in [0.4, 0.5) is 17.1 Å². The zero-order chi connectivity index (χ0) is 52.3. The fourth-order valence-corrected chi connectivity index (χ4v) is 27.9. The third kappa shape index (κ3) is 4.69. The van der Waals surface area contributed by atoms with Crippen LogP contribution in [0.15, 0.2) is 133 Å². The quantitative estimate of drug-likeness (QED) is 0.145. The Morgan fingerprint density at radius 1 is 0.402 bits per heavy atom. The van der Waals surface area contributed by atoms with E-state index < -0.39 is 0 Å². The maximum Gasteiger partial charge on any atom is 0.252 e. The van der Waals surface area contributed by atoms with Crippen molar-refractivity contribution in [2.24, 2.45) is 76.4 Å². The highest BCUT2D eigenvalue weighted by Gasteiger charge is 2.77. The largest absolute Gasteiger partial charge is 0.310 e. The highest BCUT2D eigenvalue weighted by molar-refractivity contribution is 7.00. The molecule has 0 N–H and O–H groups in total. The fraction of sp³-hybridized carbons (Fsp3) is 0.462. The van der Waals surface area contributed by atoms with Crippen LogP contribution < -0.4 is 21.3 Å². The second-order valence-electron chi connectivity index (χ2n) is 32.6. The third-order valence-corrected chi connectivity index (χ3v) is 30.1. The summed E-state index contributed by atoms with van der Waals surface area (Å²) in [5.41, 5.74) is 26.0. The number of fused-ring (bicyclic) bond motifs is 11. The molecule has 9 aromatic rings. The van der Waals surface area contributed by atoms with Gasteiger partial charge in [0.05, 0.1) is 22.4 Å². The Morgan fingerprint density at radius 3 is 1.50 bits per heavy atom. The zero-order valence-corrected chi connectivity index (χ0v) is 47.5. The van der Waals surface area contributed by atoms with Crippen molar-refractivity contribution in [3.05, 3.63) is 156 Å². The molecule has 2 aliphatic heterocycles. The van der Waals surface area contributed by atoms with Crippen molar-refractivity contribution in [3.8, 4) is 11.4 Å². The van der Waals surface area contributed by atoms with Crippen molar-refractivity contribution < 1.29 is 0 Å². The van der Waals surface area contributed by atoms with E-state index in [1.807, 2.05) is 0 Å². The maximum absolute atomic E-state index is 2.95. The van der Waals surface area contributed by atoms with E-state index in [2.05, 4.69) is 147 Å². The molecule has 0 amide bonds. The van der Waals surface area contributed by atoms with Crippen molar-refractivity contribution in [1.29, 1.82) is 0 Å². The molecule has 16 fully saturated rings. The summed E-state index contributed by atoms with van der Waals surface area (Å²) in [6.07, 6.45) is 27.6. The van der Waals surface area contributed by atoms with Crippen LogP contribution in [0, 0.1) is 76.4 Å². The van der Waals surface area contributed by atoms with Crippen LogP contribution in [0.3, 0.4) is 0 Å². The van der Waals surface area contributed by atoms with Gasteiger partial charge in [0.25, 0.3) is 6.71 Å². The molecule has 2 aromatic heterocycles. The Kier molecular flexibility index (Phi) is 7.30. The molecular formula is C78H72BN3. The molecule has 16 aliphatic carbocycles. The second-order valence-corrected chi connectivity index (χ2v) is 32.6. The Bertz CT molecular complexity index is 4380. The van der Waals surface area contributed by atoms with E-state index in [1.54, 1.807) is 44.0 Å². The second kappa shape index (κ2) is 13.7. The Balaban J connectivity index is 0.843. The van der Waals surface area contributed by atoms with Gasteiger partial charge in [0.1, 0.15) is 0 Å². The summed E-state index contributed by atoms with van der Waals surface area (Å²) in [4.78, 5) is 2.64. The van der Waals surface area contributed by atoms with Crippen LogP contribution in [0.1, 0.15) is 144 Å². The number of nitrogens with zero attached hydrogens (tertiary/aromatic N) is 3. The predicted molar refractivity (Wildman–Crippen MR) is 333 cm³/mol. The van der Waals surface area contributed by atoms with Gasteiger partial charge < -0.3 is 14.0 Å². The fourth-order valence-electron chi connectivity index (χ4n) is 27.9. The summed E-state index contributed by atoms with van der Waals surface area (Å²) in [6.45, 7) is 0.110. The number of para-hydroxylation sites is 2. The number of anilines is 3. The van der Waals surface area contributed by atoms with E-state index in [4.69, 9.17) is 0 Å². The lowest BCUT2D eigenvalue weighted by Crippen LogP contribution is -2.60. The lowest BCUT2D eigenvalue weighted by Gasteiger charge is -2.66. The molecule has 0 radical (unpaired) electrons. The molecule has 0 saturated heterocycles. The van der Waals surface area contributed by atoms with E-state index >= 15 is 0 Å². The number of benzene rings is 7. The molecular weight excluding hydrogens is 990 g/mol. The molecule has 7 aromatic carbocycles. The smallest absolute Gasteiger partial charge is 0.252 e. The van der Waals surface area contributed by atoms with Crippen LogP contribution >= 0.6 is 0 Å². The van der Waals surface area contributed by atoms with Gasteiger partial charge in [0.15, 0.2) is 0 Å². The first-order chi connectivity index (χ1) is 40.3. The summed E-state index contributed by atoms with van der Waals surface area (Å²) < 4.78 is 5.77. The van der Waals surface area contributed by atoms with Crippen molar-refractivity contribution >= 4 is 83.8 Å².